The van der Waals surface area contributed by atoms with Crippen LogP contribution in [0, 0.1) is 23.2 Å². The van der Waals surface area contributed by atoms with E-state index in [0.717, 1.165) is 79.7 Å². The molecule has 0 radical (unpaired) electrons. The Morgan fingerprint density at radius 3 is 2.30 bits per heavy atom. The second kappa shape index (κ2) is 12.0. The van der Waals surface area contributed by atoms with Crippen LogP contribution in [0.5, 0.6) is 11.5 Å². The first-order valence-corrected chi connectivity index (χ1v) is 16.5. The molecule has 2 heterocycles. The molecule has 0 spiro atoms. The molecule has 8 heteroatoms. The van der Waals surface area contributed by atoms with Crippen LogP contribution in [-0.2, 0) is 6.54 Å². The summed E-state index contributed by atoms with van der Waals surface area (Å²) in [6.07, 6.45) is 8.14. The predicted octanol–water partition coefficient (Wildman–Crippen LogP) is 5.86. The van der Waals surface area contributed by atoms with Crippen LogP contribution in [-0.4, -0.2) is 77.4 Å². The lowest BCUT2D eigenvalue weighted by atomic mass is 9.49. The summed E-state index contributed by atoms with van der Waals surface area (Å²) in [7, 11) is 1.95. The molecule has 8 rings (SSSR count). The molecule has 1 N–H and O–H groups in total. The van der Waals surface area contributed by atoms with Crippen molar-refractivity contribution in [3.63, 3.8) is 0 Å². The number of amides is 1. The third-order valence-electron chi connectivity index (χ3n) is 10.5. The summed E-state index contributed by atoms with van der Waals surface area (Å²) in [5.41, 5.74) is 3.95. The van der Waals surface area contributed by atoms with E-state index in [0.29, 0.717) is 17.7 Å². The number of ether oxygens (including phenoxy) is 1. The molecule has 2 aromatic carbocycles. The number of aromatic nitrogens is 2. The number of phenols is 1. The molecular weight excluding hydrogens is 550 g/mol. The molecule has 1 saturated heterocycles. The van der Waals surface area contributed by atoms with Gasteiger partial charge in [0, 0.05) is 46.3 Å². The van der Waals surface area contributed by atoms with Gasteiger partial charge < -0.3 is 19.6 Å². The van der Waals surface area contributed by atoms with Crippen LogP contribution in [0.3, 0.4) is 0 Å². The van der Waals surface area contributed by atoms with E-state index in [1.54, 1.807) is 12.1 Å². The molecule has 0 atom stereocenters. The van der Waals surface area contributed by atoms with Crippen molar-refractivity contribution in [2.45, 2.75) is 52.0 Å². The van der Waals surface area contributed by atoms with E-state index in [1.165, 1.54) is 44.1 Å². The van der Waals surface area contributed by atoms with Gasteiger partial charge in [-0.1, -0.05) is 12.1 Å². The van der Waals surface area contributed by atoms with Crippen LogP contribution >= 0.6 is 0 Å². The van der Waals surface area contributed by atoms with Gasteiger partial charge in [-0.05, 0) is 128 Å². The Labute approximate surface area is 261 Å². The highest BCUT2D eigenvalue weighted by atomic mass is 16.5. The fourth-order valence-corrected chi connectivity index (χ4v) is 9.11. The van der Waals surface area contributed by atoms with E-state index in [1.807, 2.05) is 49.2 Å². The minimum atomic E-state index is -0.0102. The third kappa shape index (κ3) is 6.14. The summed E-state index contributed by atoms with van der Waals surface area (Å²) in [5.74, 6) is 4.56. The molecule has 4 bridgehead atoms. The topological polar surface area (TPSA) is 82.0 Å². The van der Waals surface area contributed by atoms with Crippen molar-refractivity contribution in [1.29, 1.82) is 0 Å². The summed E-state index contributed by atoms with van der Waals surface area (Å²) in [6.45, 7) is 7.75. The van der Waals surface area contributed by atoms with Crippen LogP contribution in [0.25, 0.3) is 11.1 Å². The first-order valence-electron chi connectivity index (χ1n) is 16.5. The summed E-state index contributed by atoms with van der Waals surface area (Å²) < 4.78 is 5.87. The highest BCUT2D eigenvalue weighted by Crippen LogP contribution is 2.60. The van der Waals surface area contributed by atoms with Crippen molar-refractivity contribution in [3.05, 3.63) is 65.9 Å². The Kier molecular flexibility index (Phi) is 7.95. The smallest absolute Gasteiger partial charge is 0.274 e. The number of piperazine rings is 1. The fourth-order valence-electron chi connectivity index (χ4n) is 9.11. The maximum atomic E-state index is 13.4. The summed E-state index contributed by atoms with van der Waals surface area (Å²) in [5, 5.41) is 18.9. The minimum absolute atomic E-state index is 0.0102. The Morgan fingerprint density at radius 1 is 0.932 bits per heavy atom. The molecule has 1 aliphatic heterocycles. The van der Waals surface area contributed by atoms with Crippen molar-refractivity contribution >= 4 is 11.7 Å². The number of carbonyl (C=O) groups excluding carboxylic acids is 1. The predicted molar refractivity (Wildman–Crippen MR) is 172 cm³/mol. The molecular formula is C36H45N5O3. The molecule has 4 aliphatic carbocycles. The van der Waals surface area contributed by atoms with Crippen molar-refractivity contribution < 1.29 is 14.6 Å². The highest BCUT2D eigenvalue weighted by Gasteiger charge is 2.51. The molecule has 4 saturated carbocycles. The average molecular weight is 596 g/mol. The number of nitrogens with zero attached hydrogens (tertiary/aromatic N) is 5. The number of carbonyl (C=O) groups is 1. The van der Waals surface area contributed by atoms with Gasteiger partial charge in [0.2, 0.25) is 0 Å². The quantitative estimate of drug-likeness (QED) is 0.332. The van der Waals surface area contributed by atoms with E-state index in [2.05, 4.69) is 32.1 Å². The lowest BCUT2D eigenvalue weighted by Crippen LogP contribution is -2.51. The second-order valence-electron chi connectivity index (χ2n) is 14.0. The Balaban J connectivity index is 0.949. The van der Waals surface area contributed by atoms with Crippen LogP contribution in [0.2, 0.25) is 0 Å². The van der Waals surface area contributed by atoms with Gasteiger partial charge in [-0.2, -0.15) is 0 Å². The molecule has 1 aromatic heterocycles. The van der Waals surface area contributed by atoms with Gasteiger partial charge in [-0.3, -0.25) is 9.69 Å². The number of benzene rings is 2. The molecule has 3 aromatic rings. The number of aromatic hydroxyl groups is 1. The minimum Gasteiger partial charge on any atom is -0.508 e. The SMILES string of the molecule is CCOc1cc(CN2CCN(c3ccc(C(=O)N(C)CC45CC6CC(CC(C6)C4)C5)nn3)CC2)cc(-c2cccc(O)c2)c1. The van der Waals surface area contributed by atoms with Gasteiger partial charge >= 0.3 is 0 Å². The summed E-state index contributed by atoms with van der Waals surface area (Å²) in [6, 6.07) is 17.5. The summed E-state index contributed by atoms with van der Waals surface area (Å²) >= 11 is 0. The van der Waals surface area contributed by atoms with Gasteiger partial charge in [0.15, 0.2) is 11.5 Å². The Bertz CT molecular complexity index is 1450. The van der Waals surface area contributed by atoms with E-state index in [9.17, 15) is 9.90 Å². The highest BCUT2D eigenvalue weighted by molar-refractivity contribution is 5.92. The number of hydrogen-bond acceptors (Lipinski definition) is 7. The zero-order valence-corrected chi connectivity index (χ0v) is 26.1. The normalized spacial score (nSPS) is 26.1. The number of rotatable bonds is 9. The molecule has 1 amide bonds. The zero-order chi connectivity index (χ0) is 30.3. The molecule has 0 unspecified atom stereocenters. The van der Waals surface area contributed by atoms with Crippen LogP contribution in [0.15, 0.2) is 54.6 Å². The van der Waals surface area contributed by atoms with E-state index in [-0.39, 0.29) is 11.7 Å². The maximum Gasteiger partial charge on any atom is 0.274 e. The number of hydrogen-bond donors (Lipinski definition) is 1. The zero-order valence-electron chi connectivity index (χ0n) is 26.1. The van der Waals surface area contributed by atoms with Gasteiger partial charge in [0.05, 0.1) is 6.61 Å². The lowest BCUT2D eigenvalue weighted by molar-refractivity contribution is -0.0629. The van der Waals surface area contributed by atoms with Crippen molar-refractivity contribution in [1.82, 2.24) is 20.0 Å². The lowest BCUT2D eigenvalue weighted by Gasteiger charge is -2.57. The number of anilines is 1. The maximum absolute atomic E-state index is 13.4. The first kappa shape index (κ1) is 29.1. The molecule has 44 heavy (non-hydrogen) atoms. The van der Waals surface area contributed by atoms with Gasteiger partial charge in [0.1, 0.15) is 11.5 Å². The fraction of sp³-hybridized carbons (Fsp3) is 0.528. The molecule has 5 aliphatic rings. The van der Waals surface area contributed by atoms with Gasteiger partial charge in [-0.25, -0.2) is 0 Å². The average Bonchev–Trinajstić information content (AvgIpc) is 3.00. The van der Waals surface area contributed by atoms with E-state index in [4.69, 9.17) is 4.74 Å². The second-order valence-corrected chi connectivity index (χ2v) is 14.0. The number of phenolic OH excluding ortho intramolecular Hbond substituents is 1. The van der Waals surface area contributed by atoms with Crippen LogP contribution in [0.4, 0.5) is 5.82 Å². The van der Waals surface area contributed by atoms with Crippen molar-refractivity contribution in [2.24, 2.45) is 23.2 Å². The van der Waals surface area contributed by atoms with Gasteiger partial charge in [0.25, 0.3) is 5.91 Å². The van der Waals surface area contributed by atoms with E-state index < -0.39 is 0 Å². The van der Waals surface area contributed by atoms with Crippen LogP contribution < -0.4 is 9.64 Å². The van der Waals surface area contributed by atoms with Crippen molar-refractivity contribution in [3.8, 4) is 22.6 Å². The molecule has 5 fully saturated rings. The summed E-state index contributed by atoms with van der Waals surface area (Å²) in [4.78, 5) is 20.0. The molecule has 232 valence electrons. The first-order chi connectivity index (χ1) is 21.3. The van der Waals surface area contributed by atoms with E-state index >= 15 is 0 Å². The third-order valence-corrected chi connectivity index (χ3v) is 10.5. The Morgan fingerprint density at radius 2 is 1.66 bits per heavy atom. The largest absolute Gasteiger partial charge is 0.508 e. The van der Waals surface area contributed by atoms with Gasteiger partial charge in [-0.15, -0.1) is 10.2 Å². The van der Waals surface area contributed by atoms with Crippen LogP contribution in [0.1, 0.15) is 61.5 Å². The monoisotopic (exact) mass is 595 g/mol. The standard InChI is InChI=1S/C36H45N5O3/c1-3-44-32-17-28(16-30(19-32)29-5-4-6-31(42)18-29)23-40-9-11-41(12-10-40)34-8-7-33(37-38-34)35(43)39(2)24-36-20-25-13-26(21-36)15-27(14-25)22-36/h4-8,16-19,25-27,42H,3,9-15,20-24H2,1-2H3. The molecule has 8 nitrogen and oxygen atoms in total. The van der Waals surface area contributed by atoms with Crippen molar-refractivity contribution in [2.75, 3.05) is 51.3 Å². The Hall–Kier alpha value is -3.65.